The normalized spacial score (nSPS) is 11.2. The van der Waals surface area contributed by atoms with Crippen LogP contribution >= 0.6 is 38.9 Å². The number of rotatable bonds is 3. The summed E-state index contributed by atoms with van der Waals surface area (Å²) < 4.78 is 1.38. The Morgan fingerprint density at radius 3 is 2.72 bits per heavy atom. The zero-order valence-electron chi connectivity index (χ0n) is 9.94. The van der Waals surface area contributed by atoms with Crippen LogP contribution in [0.1, 0.15) is 19.5 Å². The third-order valence-corrected chi connectivity index (χ3v) is 4.19. The van der Waals surface area contributed by atoms with E-state index in [-0.39, 0.29) is 0 Å². The smallest absolute Gasteiger partial charge is 0.191 e. The molecule has 0 radical (unpaired) electrons. The van der Waals surface area contributed by atoms with Gasteiger partial charge in [0.25, 0.3) is 0 Å². The third kappa shape index (κ3) is 2.99. The molecular formula is C11H12BrClN4S. The maximum atomic E-state index is 5.89. The van der Waals surface area contributed by atoms with Crippen molar-refractivity contribution >= 4 is 44.7 Å². The van der Waals surface area contributed by atoms with Crippen LogP contribution in [0.15, 0.2) is 10.7 Å². The lowest BCUT2D eigenvalue weighted by molar-refractivity contribution is 0.633. The third-order valence-electron chi connectivity index (χ3n) is 2.22. The Morgan fingerprint density at radius 2 is 2.17 bits per heavy atom. The summed E-state index contributed by atoms with van der Waals surface area (Å²) in [5.74, 6) is 1.45. The summed E-state index contributed by atoms with van der Waals surface area (Å²) in [5.41, 5.74) is 6.79. The van der Waals surface area contributed by atoms with Crippen LogP contribution in [0.4, 0.5) is 5.82 Å². The van der Waals surface area contributed by atoms with Crippen LogP contribution < -0.4 is 5.73 Å². The van der Waals surface area contributed by atoms with E-state index in [2.05, 4.69) is 44.7 Å². The average Bonchev–Trinajstić information content (AvgIpc) is 2.70. The van der Waals surface area contributed by atoms with Crippen molar-refractivity contribution in [3.63, 3.8) is 0 Å². The van der Waals surface area contributed by atoms with E-state index < -0.39 is 0 Å². The minimum absolute atomic E-state index is 0.432. The maximum absolute atomic E-state index is 5.89. The Bertz CT molecular complexity index is 570. The van der Waals surface area contributed by atoms with Crippen molar-refractivity contribution in [2.75, 3.05) is 5.73 Å². The van der Waals surface area contributed by atoms with Gasteiger partial charge in [0, 0.05) is 0 Å². The van der Waals surface area contributed by atoms with Crippen LogP contribution in [-0.4, -0.2) is 15.0 Å². The molecule has 4 nitrogen and oxygen atoms in total. The van der Waals surface area contributed by atoms with E-state index in [9.17, 15) is 0 Å². The number of halogens is 2. The SMILES string of the molecule is CC(C)Cc1nc(-c2ncc(Cl)s2)nc(N)c1Br. The quantitative estimate of drug-likeness (QED) is 0.917. The summed E-state index contributed by atoms with van der Waals surface area (Å²) in [5, 5.41) is 0.684. The number of thiazole rings is 1. The predicted molar refractivity (Wildman–Crippen MR) is 78.8 cm³/mol. The molecular weight excluding hydrogens is 336 g/mol. The van der Waals surface area contributed by atoms with Crippen molar-refractivity contribution in [2.24, 2.45) is 5.92 Å². The minimum atomic E-state index is 0.432. The van der Waals surface area contributed by atoms with E-state index in [1.807, 2.05) is 0 Å². The molecule has 0 aliphatic heterocycles. The van der Waals surface area contributed by atoms with E-state index in [4.69, 9.17) is 17.3 Å². The van der Waals surface area contributed by atoms with Crippen LogP contribution in [0.2, 0.25) is 4.34 Å². The molecule has 0 saturated heterocycles. The lowest BCUT2D eigenvalue weighted by Gasteiger charge is -2.09. The first-order chi connectivity index (χ1) is 8.47. The Kier molecular flexibility index (Phi) is 4.19. The van der Waals surface area contributed by atoms with Crippen molar-refractivity contribution in [3.05, 3.63) is 20.7 Å². The van der Waals surface area contributed by atoms with E-state index in [0.717, 1.165) is 16.6 Å². The summed E-state index contributed by atoms with van der Waals surface area (Å²) in [6.07, 6.45) is 2.42. The van der Waals surface area contributed by atoms with Gasteiger partial charge in [-0.05, 0) is 28.3 Å². The highest BCUT2D eigenvalue weighted by Crippen LogP contribution is 2.30. The average molecular weight is 348 g/mol. The largest absolute Gasteiger partial charge is 0.383 e. The van der Waals surface area contributed by atoms with E-state index in [0.29, 0.717) is 26.9 Å². The highest BCUT2D eigenvalue weighted by Gasteiger charge is 2.14. The monoisotopic (exact) mass is 346 g/mol. The number of hydrogen-bond donors (Lipinski definition) is 1. The molecule has 0 aromatic carbocycles. The summed E-state index contributed by atoms with van der Waals surface area (Å²) in [6, 6.07) is 0. The number of hydrogen-bond acceptors (Lipinski definition) is 5. The molecule has 0 spiro atoms. The summed E-state index contributed by atoms with van der Waals surface area (Å²) in [7, 11) is 0. The number of aromatic nitrogens is 3. The molecule has 2 heterocycles. The molecule has 0 amide bonds. The lowest BCUT2D eigenvalue weighted by Crippen LogP contribution is -2.05. The van der Waals surface area contributed by atoms with E-state index >= 15 is 0 Å². The topological polar surface area (TPSA) is 64.7 Å². The number of nitrogen functional groups attached to an aromatic ring is 1. The van der Waals surface area contributed by atoms with Gasteiger partial charge in [-0.1, -0.05) is 36.8 Å². The second kappa shape index (κ2) is 5.50. The lowest BCUT2D eigenvalue weighted by atomic mass is 10.1. The second-order valence-corrected chi connectivity index (χ2v) is 6.72. The molecule has 2 rings (SSSR count). The van der Waals surface area contributed by atoms with Gasteiger partial charge in [0.1, 0.15) is 10.2 Å². The van der Waals surface area contributed by atoms with Gasteiger partial charge >= 0.3 is 0 Å². The Morgan fingerprint density at radius 1 is 1.44 bits per heavy atom. The van der Waals surface area contributed by atoms with Crippen molar-refractivity contribution in [1.82, 2.24) is 15.0 Å². The number of nitrogens with two attached hydrogens (primary N) is 1. The fourth-order valence-electron chi connectivity index (χ4n) is 1.49. The highest BCUT2D eigenvalue weighted by atomic mass is 79.9. The van der Waals surface area contributed by atoms with Gasteiger partial charge in [-0.15, -0.1) is 0 Å². The van der Waals surface area contributed by atoms with Crippen LogP contribution in [0.5, 0.6) is 0 Å². The zero-order valence-corrected chi connectivity index (χ0v) is 13.1. The van der Waals surface area contributed by atoms with Crippen LogP contribution in [0, 0.1) is 5.92 Å². The van der Waals surface area contributed by atoms with Gasteiger partial charge < -0.3 is 5.73 Å². The minimum Gasteiger partial charge on any atom is -0.383 e. The molecule has 96 valence electrons. The molecule has 0 bridgehead atoms. The van der Waals surface area contributed by atoms with Crippen molar-refractivity contribution in [2.45, 2.75) is 20.3 Å². The fraction of sp³-hybridized carbons (Fsp3) is 0.364. The van der Waals surface area contributed by atoms with Gasteiger partial charge in [-0.25, -0.2) is 15.0 Å². The molecule has 18 heavy (non-hydrogen) atoms. The molecule has 0 aliphatic rings. The van der Waals surface area contributed by atoms with Crippen molar-refractivity contribution < 1.29 is 0 Å². The molecule has 0 atom stereocenters. The maximum Gasteiger partial charge on any atom is 0.191 e. The number of anilines is 1. The Labute approximate surface area is 123 Å². The van der Waals surface area contributed by atoms with E-state index in [1.165, 1.54) is 11.3 Å². The van der Waals surface area contributed by atoms with Gasteiger partial charge in [-0.2, -0.15) is 0 Å². The first-order valence-corrected chi connectivity index (χ1v) is 7.39. The van der Waals surface area contributed by atoms with Gasteiger partial charge in [0.15, 0.2) is 10.8 Å². The van der Waals surface area contributed by atoms with Gasteiger partial charge in [-0.3, -0.25) is 0 Å². The molecule has 0 aliphatic carbocycles. The van der Waals surface area contributed by atoms with Crippen LogP contribution in [-0.2, 0) is 6.42 Å². The molecule has 2 aromatic rings. The van der Waals surface area contributed by atoms with Gasteiger partial charge in [0.2, 0.25) is 0 Å². The predicted octanol–water partition coefficient (Wildman–Crippen LogP) is 3.80. The summed E-state index contributed by atoms with van der Waals surface area (Å²) in [6.45, 7) is 4.26. The summed E-state index contributed by atoms with van der Waals surface area (Å²) in [4.78, 5) is 12.9. The zero-order chi connectivity index (χ0) is 13.3. The van der Waals surface area contributed by atoms with Crippen molar-refractivity contribution in [1.29, 1.82) is 0 Å². The number of nitrogens with zero attached hydrogens (tertiary/aromatic N) is 3. The first kappa shape index (κ1) is 13.7. The Hall–Kier alpha value is -0.720. The summed E-state index contributed by atoms with van der Waals surface area (Å²) >= 11 is 10.6. The first-order valence-electron chi connectivity index (χ1n) is 5.41. The Balaban J connectivity index is 2.46. The molecule has 0 saturated carbocycles. The highest BCUT2D eigenvalue weighted by molar-refractivity contribution is 9.10. The van der Waals surface area contributed by atoms with Crippen LogP contribution in [0.25, 0.3) is 10.8 Å². The van der Waals surface area contributed by atoms with Crippen molar-refractivity contribution in [3.8, 4) is 10.8 Å². The molecule has 0 unspecified atom stereocenters. The van der Waals surface area contributed by atoms with Gasteiger partial charge in [0.05, 0.1) is 16.4 Å². The van der Waals surface area contributed by atoms with E-state index in [1.54, 1.807) is 6.20 Å². The molecule has 0 fully saturated rings. The fourth-order valence-corrected chi connectivity index (χ4v) is 2.67. The molecule has 2 N–H and O–H groups in total. The molecule has 2 aromatic heterocycles. The molecule has 7 heteroatoms. The second-order valence-electron chi connectivity index (χ2n) is 4.26. The standard InChI is InChI=1S/C11H12BrClN4S/c1-5(2)3-6-8(12)9(14)17-10(16-6)11-15-4-7(13)18-11/h4-5H,3H2,1-2H3,(H2,14,16,17). The van der Waals surface area contributed by atoms with Crippen LogP contribution in [0.3, 0.4) is 0 Å².